The zero-order valence-corrected chi connectivity index (χ0v) is 12.1. The number of unbranched alkanes of at least 4 members (excludes halogenated alkanes) is 1. The molecule has 1 rings (SSSR count). The molecule has 0 heterocycles. The molecule has 1 N–H and O–H groups in total. The van der Waals surface area contributed by atoms with E-state index < -0.39 is 11.7 Å². The van der Waals surface area contributed by atoms with Crippen LogP contribution in [-0.4, -0.2) is 12.5 Å². The third-order valence-electron chi connectivity index (χ3n) is 2.44. The van der Waals surface area contributed by atoms with Crippen LogP contribution >= 0.6 is 15.9 Å². The molecule has 1 aromatic carbocycles. The van der Waals surface area contributed by atoms with Crippen molar-refractivity contribution in [2.45, 2.75) is 19.8 Å². The zero-order valence-electron chi connectivity index (χ0n) is 10.5. The van der Waals surface area contributed by atoms with Crippen LogP contribution in [0.3, 0.4) is 0 Å². The van der Waals surface area contributed by atoms with Gasteiger partial charge in [0.15, 0.2) is 0 Å². The second kappa shape index (κ2) is 7.70. The Bertz CT molecular complexity index is 535. The Kier molecular flexibility index (Phi) is 6.23. The molecular weight excluding hydrogens is 311 g/mol. The highest BCUT2D eigenvalue weighted by Crippen LogP contribution is 2.17. The van der Waals surface area contributed by atoms with E-state index in [2.05, 4.69) is 21.2 Å². The quantitative estimate of drug-likeness (QED) is 0.512. The molecule has 0 fully saturated rings. The molecule has 0 aliphatic carbocycles. The molecule has 0 aliphatic heterocycles. The molecule has 1 amide bonds. The summed E-state index contributed by atoms with van der Waals surface area (Å²) in [4.78, 5) is 11.7. The molecular formula is C14H14BrFN2O. The molecule has 0 saturated carbocycles. The summed E-state index contributed by atoms with van der Waals surface area (Å²) in [6.07, 6.45) is 3.05. The minimum Gasteiger partial charge on any atom is -0.351 e. The van der Waals surface area contributed by atoms with Gasteiger partial charge in [0, 0.05) is 16.6 Å². The van der Waals surface area contributed by atoms with E-state index in [0.717, 1.165) is 12.8 Å². The largest absolute Gasteiger partial charge is 0.351 e. The van der Waals surface area contributed by atoms with Crippen molar-refractivity contribution in [3.8, 4) is 6.07 Å². The van der Waals surface area contributed by atoms with Crippen LogP contribution in [0.15, 0.2) is 28.2 Å². The van der Waals surface area contributed by atoms with Crippen LogP contribution in [0.25, 0.3) is 6.08 Å². The number of hydrogen-bond acceptors (Lipinski definition) is 2. The topological polar surface area (TPSA) is 52.9 Å². The number of nitrogens with zero attached hydrogens (tertiary/aromatic N) is 1. The van der Waals surface area contributed by atoms with Crippen molar-refractivity contribution in [2.75, 3.05) is 6.54 Å². The van der Waals surface area contributed by atoms with Gasteiger partial charge in [0.2, 0.25) is 0 Å². The van der Waals surface area contributed by atoms with Crippen LogP contribution in [-0.2, 0) is 4.79 Å². The molecule has 0 bridgehead atoms. The lowest BCUT2D eigenvalue weighted by atomic mass is 10.1. The maximum atomic E-state index is 13.6. The lowest BCUT2D eigenvalue weighted by Crippen LogP contribution is -2.25. The molecule has 5 heteroatoms. The standard InChI is InChI=1S/C14H14BrFN2O/c1-2-3-6-18-14(19)11(9-17)7-10-4-5-12(15)8-13(10)16/h4-5,7-8H,2-3,6H2,1H3,(H,18,19). The number of benzene rings is 1. The van der Waals surface area contributed by atoms with Crippen LogP contribution in [0.5, 0.6) is 0 Å². The van der Waals surface area contributed by atoms with E-state index in [4.69, 9.17) is 5.26 Å². The van der Waals surface area contributed by atoms with Gasteiger partial charge in [-0.15, -0.1) is 0 Å². The molecule has 3 nitrogen and oxygen atoms in total. The van der Waals surface area contributed by atoms with E-state index >= 15 is 0 Å². The number of carbonyl (C=O) groups excluding carboxylic acids is 1. The van der Waals surface area contributed by atoms with Crippen LogP contribution in [0.1, 0.15) is 25.3 Å². The Balaban J connectivity index is 2.87. The number of carbonyl (C=O) groups is 1. The van der Waals surface area contributed by atoms with E-state index in [1.165, 1.54) is 18.2 Å². The number of nitrogens with one attached hydrogen (secondary N) is 1. The molecule has 0 radical (unpaired) electrons. The lowest BCUT2D eigenvalue weighted by molar-refractivity contribution is -0.117. The maximum Gasteiger partial charge on any atom is 0.261 e. The molecule has 0 atom stereocenters. The van der Waals surface area contributed by atoms with E-state index in [1.54, 1.807) is 12.1 Å². The average Bonchev–Trinajstić information content (AvgIpc) is 2.38. The van der Waals surface area contributed by atoms with E-state index in [-0.39, 0.29) is 11.1 Å². The highest BCUT2D eigenvalue weighted by molar-refractivity contribution is 9.10. The summed E-state index contributed by atoms with van der Waals surface area (Å²) in [6, 6.07) is 6.24. The minimum atomic E-state index is -0.483. The van der Waals surface area contributed by atoms with Gasteiger partial charge < -0.3 is 5.32 Å². The van der Waals surface area contributed by atoms with Gasteiger partial charge in [-0.05, 0) is 24.6 Å². The van der Waals surface area contributed by atoms with Gasteiger partial charge in [0.25, 0.3) is 5.91 Å². The first-order valence-corrected chi connectivity index (χ1v) is 6.72. The predicted molar refractivity (Wildman–Crippen MR) is 75.6 cm³/mol. The average molecular weight is 325 g/mol. The fourth-order valence-electron chi connectivity index (χ4n) is 1.40. The molecule has 0 spiro atoms. The first kappa shape index (κ1) is 15.4. The second-order valence-corrected chi connectivity index (χ2v) is 4.86. The van der Waals surface area contributed by atoms with Gasteiger partial charge in [0.1, 0.15) is 17.5 Å². The molecule has 1 aromatic rings. The summed E-state index contributed by atoms with van der Waals surface area (Å²) in [7, 11) is 0. The summed E-state index contributed by atoms with van der Waals surface area (Å²) in [5.41, 5.74) is 0.114. The van der Waals surface area contributed by atoms with Gasteiger partial charge in [-0.1, -0.05) is 35.3 Å². The summed E-state index contributed by atoms with van der Waals surface area (Å²) in [5, 5.41) is 11.6. The monoisotopic (exact) mass is 324 g/mol. The predicted octanol–water partition coefficient (Wildman–Crippen LogP) is 3.41. The Morgan fingerprint density at radius 2 is 2.32 bits per heavy atom. The van der Waals surface area contributed by atoms with Crippen LogP contribution in [0.2, 0.25) is 0 Å². The third-order valence-corrected chi connectivity index (χ3v) is 2.94. The normalized spacial score (nSPS) is 10.9. The van der Waals surface area contributed by atoms with Crippen LogP contribution < -0.4 is 5.32 Å². The summed E-state index contributed by atoms with van der Waals surface area (Å²) >= 11 is 3.15. The molecule has 19 heavy (non-hydrogen) atoms. The maximum absolute atomic E-state index is 13.6. The number of rotatable bonds is 5. The third kappa shape index (κ3) is 4.84. The highest BCUT2D eigenvalue weighted by Gasteiger charge is 2.09. The summed E-state index contributed by atoms with van der Waals surface area (Å²) < 4.78 is 14.2. The molecule has 100 valence electrons. The lowest BCUT2D eigenvalue weighted by Gasteiger charge is -2.03. The first-order valence-electron chi connectivity index (χ1n) is 5.93. The van der Waals surface area contributed by atoms with Crippen molar-refractivity contribution in [3.63, 3.8) is 0 Å². The van der Waals surface area contributed by atoms with Crippen molar-refractivity contribution < 1.29 is 9.18 Å². The Morgan fingerprint density at radius 1 is 1.58 bits per heavy atom. The number of halogens is 2. The molecule has 0 unspecified atom stereocenters. The van der Waals surface area contributed by atoms with Gasteiger partial charge in [-0.3, -0.25) is 4.79 Å². The molecule has 0 aromatic heterocycles. The summed E-state index contributed by atoms with van der Waals surface area (Å²) in [6.45, 7) is 2.52. The van der Waals surface area contributed by atoms with Crippen molar-refractivity contribution in [1.82, 2.24) is 5.32 Å². The van der Waals surface area contributed by atoms with Crippen molar-refractivity contribution in [2.24, 2.45) is 0 Å². The van der Waals surface area contributed by atoms with Crippen molar-refractivity contribution >= 4 is 27.9 Å². The minimum absolute atomic E-state index is 0.0997. The van der Waals surface area contributed by atoms with E-state index in [0.29, 0.717) is 11.0 Å². The van der Waals surface area contributed by atoms with E-state index in [9.17, 15) is 9.18 Å². The fraction of sp³-hybridized carbons (Fsp3) is 0.286. The second-order valence-electron chi connectivity index (χ2n) is 3.95. The Labute approximate surface area is 120 Å². The van der Waals surface area contributed by atoms with Gasteiger partial charge >= 0.3 is 0 Å². The Morgan fingerprint density at radius 3 is 2.89 bits per heavy atom. The van der Waals surface area contributed by atoms with Gasteiger partial charge in [-0.2, -0.15) is 5.26 Å². The molecule has 0 saturated heterocycles. The molecule has 0 aliphatic rings. The zero-order chi connectivity index (χ0) is 14.3. The summed E-state index contributed by atoms with van der Waals surface area (Å²) in [5.74, 6) is -0.957. The van der Waals surface area contributed by atoms with Gasteiger partial charge in [0.05, 0.1) is 0 Å². The number of amides is 1. The van der Waals surface area contributed by atoms with E-state index in [1.807, 2.05) is 6.92 Å². The van der Waals surface area contributed by atoms with Crippen molar-refractivity contribution in [1.29, 1.82) is 5.26 Å². The fourth-order valence-corrected chi connectivity index (χ4v) is 1.73. The Hall–Kier alpha value is -1.67. The van der Waals surface area contributed by atoms with Gasteiger partial charge in [-0.25, -0.2) is 4.39 Å². The number of hydrogen-bond donors (Lipinski definition) is 1. The smallest absolute Gasteiger partial charge is 0.261 e. The number of nitriles is 1. The van der Waals surface area contributed by atoms with Crippen molar-refractivity contribution in [3.05, 3.63) is 39.6 Å². The first-order chi connectivity index (χ1) is 9.08. The van der Waals surface area contributed by atoms with Crippen LogP contribution in [0.4, 0.5) is 4.39 Å². The highest BCUT2D eigenvalue weighted by atomic mass is 79.9. The van der Waals surface area contributed by atoms with Crippen LogP contribution in [0, 0.1) is 17.1 Å². The SMILES string of the molecule is CCCCNC(=O)C(C#N)=Cc1ccc(Br)cc1F.